The van der Waals surface area contributed by atoms with E-state index in [1.807, 2.05) is 6.07 Å². The van der Waals surface area contributed by atoms with Crippen LogP contribution in [-0.4, -0.2) is 39.1 Å². The summed E-state index contributed by atoms with van der Waals surface area (Å²) < 4.78 is 6.54. The van der Waals surface area contributed by atoms with Gasteiger partial charge in [-0.05, 0) is 25.0 Å². The third kappa shape index (κ3) is 2.01. The van der Waals surface area contributed by atoms with Crippen LogP contribution in [0, 0.1) is 0 Å². The number of hydrogen-bond acceptors (Lipinski definition) is 5. The summed E-state index contributed by atoms with van der Waals surface area (Å²) in [6, 6.07) is 3.94. The van der Waals surface area contributed by atoms with Crippen LogP contribution < -0.4 is 11.0 Å². The monoisotopic (exact) mass is 235 g/mol. The Bertz CT molecular complexity index is 569. The van der Waals surface area contributed by atoms with Crippen LogP contribution in [0.1, 0.15) is 12.8 Å². The summed E-state index contributed by atoms with van der Waals surface area (Å²) in [6.07, 6.45) is 1.92. The van der Waals surface area contributed by atoms with Gasteiger partial charge in [-0.1, -0.05) is 0 Å². The molecule has 0 saturated carbocycles. The number of aromatic nitrogens is 4. The average Bonchev–Trinajstić information content (AvgIpc) is 2.73. The maximum atomic E-state index is 11.4. The van der Waals surface area contributed by atoms with Crippen molar-refractivity contribution in [3.8, 4) is 0 Å². The van der Waals surface area contributed by atoms with Gasteiger partial charge in [0, 0.05) is 19.3 Å². The van der Waals surface area contributed by atoms with E-state index in [1.54, 1.807) is 6.07 Å². The zero-order chi connectivity index (χ0) is 11.7. The summed E-state index contributed by atoms with van der Waals surface area (Å²) in [7, 11) is 0. The summed E-state index contributed by atoms with van der Waals surface area (Å²) >= 11 is 0. The molecule has 7 heteroatoms. The predicted octanol–water partition coefficient (Wildman–Crippen LogP) is 0.00850. The first kappa shape index (κ1) is 10.3. The molecule has 0 aliphatic carbocycles. The van der Waals surface area contributed by atoms with Gasteiger partial charge < -0.3 is 10.1 Å². The van der Waals surface area contributed by atoms with E-state index in [1.165, 1.54) is 4.52 Å². The van der Waals surface area contributed by atoms with Crippen LogP contribution in [0.2, 0.25) is 0 Å². The number of rotatable bonds is 2. The molecule has 0 atom stereocenters. The van der Waals surface area contributed by atoms with Crippen molar-refractivity contribution in [3.05, 3.63) is 22.6 Å². The summed E-state index contributed by atoms with van der Waals surface area (Å²) in [4.78, 5) is 11.4. The van der Waals surface area contributed by atoms with Crippen molar-refractivity contribution in [1.82, 2.24) is 19.8 Å². The third-order valence-corrected chi connectivity index (χ3v) is 2.85. The minimum atomic E-state index is -0.323. The molecule has 2 aromatic heterocycles. The zero-order valence-corrected chi connectivity index (χ0v) is 9.22. The Morgan fingerprint density at radius 3 is 3.06 bits per heavy atom. The fourth-order valence-corrected chi connectivity index (χ4v) is 1.93. The van der Waals surface area contributed by atoms with E-state index in [0.717, 1.165) is 26.1 Å². The van der Waals surface area contributed by atoms with E-state index >= 15 is 0 Å². The van der Waals surface area contributed by atoms with E-state index in [4.69, 9.17) is 4.74 Å². The van der Waals surface area contributed by atoms with Crippen LogP contribution in [0.15, 0.2) is 16.9 Å². The largest absolute Gasteiger partial charge is 0.381 e. The lowest BCUT2D eigenvalue weighted by Crippen LogP contribution is -2.28. The van der Waals surface area contributed by atoms with Gasteiger partial charge in [-0.25, -0.2) is 9.89 Å². The topological polar surface area (TPSA) is 84.3 Å². The summed E-state index contributed by atoms with van der Waals surface area (Å²) in [5.41, 5.74) is 0.197. The molecular weight excluding hydrogens is 222 g/mol. The standard InChI is InChI=1S/C10H13N5O2/c16-10-13-12-9-2-1-8(14-15(9)10)11-7-3-5-17-6-4-7/h1-2,7H,3-6H2,(H,11,14)(H,13,16). The van der Waals surface area contributed by atoms with Gasteiger partial charge in [0.1, 0.15) is 5.82 Å². The van der Waals surface area contributed by atoms with Gasteiger partial charge >= 0.3 is 5.69 Å². The maximum absolute atomic E-state index is 11.4. The molecule has 0 unspecified atom stereocenters. The van der Waals surface area contributed by atoms with Crippen LogP contribution in [0.4, 0.5) is 5.82 Å². The van der Waals surface area contributed by atoms with Crippen LogP contribution in [0.3, 0.4) is 0 Å². The molecule has 1 fully saturated rings. The molecule has 3 heterocycles. The lowest BCUT2D eigenvalue weighted by molar-refractivity contribution is 0.0903. The van der Waals surface area contributed by atoms with Gasteiger partial charge in [0.05, 0.1) is 0 Å². The number of aromatic amines is 1. The van der Waals surface area contributed by atoms with Crippen molar-refractivity contribution < 1.29 is 4.74 Å². The minimum absolute atomic E-state index is 0.323. The molecule has 7 nitrogen and oxygen atoms in total. The van der Waals surface area contributed by atoms with Crippen molar-refractivity contribution in [1.29, 1.82) is 0 Å². The maximum Gasteiger partial charge on any atom is 0.364 e. The number of anilines is 1. The highest BCUT2D eigenvalue weighted by Crippen LogP contribution is 2.12. The van der Waals surface area contributed by atoms with E-state index in [0.29, 0.717) is 17.5 Å². The molecule has 0 bridgehead atoms. The number of hydrogen-bond donors (Lipinski definition) is 2. The smallest absolute Gasteiger partial charge is 0.364 e. The molecule has 1 saturated heterocycles. The molecule has 0 aromatic carbocycles. The van der Waals surface area contributed by atoms with Crippen molar-refractivity contribution in [2.75, 3.05) is 18.5 Å². The fraction of sp³-hybridized carbons (Fsp3) is 0.500. The number of ether oxygens (including phenoxy) is 1. The highest BCUT2D eigenvalue weighted by Gasteiger charge is 2.14. The molecule has 90 valence electrons. The average molecular weight is 235 g/mol. The van der Waals surface area contributed by atoms with Gasteiger partial charge in [-0.2, -0.15) is 9.61 Å². The summed E-state index contributed by atoms with van der Waals surface area (Å²) in [5.74, 6) is 0.688. The first-order valence-corrected chi connectivity index (χ1v) is 5.62. The molecule has 0 amide bonds. The highest BCUT2D eigenvalue weighted by molar-refractivity contribution is 5.43. The lowest BCUT2D eigenvalue weighted by Gasteiger charge is -2.23. The number of fused-ring (bicyclic) bond motifs is 1. The molecule has 1 aliphatic rings. The summed E-state index contributed by atoms with van der Waals surface area (Å²) in [6.45, 7) is 1.54. The van der Waals surface area contributed by atoms with Gasteiger partial charge in [0.15, 0.2) is 5.65 Å². The van der Waals surface area contributed by atoms with Gasteiger partial charge in [-0.15, -0.1) is 5.10 Å². The molecular formula is C10H13N5O2. The van der Waals surface area contributed by atoms with Gasteiger partial charge in [-0.3, -0.25) is 0 Å². The predicted molar refractivity (Wildman–Crippen MR) is 61.1 cm³/mol. The molecule has 2 aromatic rings. The second kappa shape index (κ2) is 4.17. The quantitative estimate of drug-likeness (QED) is 0.766. The molecule has 1 aliphatic heterocycles. The van der Waals surface area contributed by atoms with Crippen LogP contribution in [0.5, 0.6) is 0 Å². The first-order chi connectivity index (χ1) is 8.33. The SMILES string of the molecule is O=c1[nH]nc2ccc(NC3CCOCC3)nn12. The van der Waals surface area contributed by atoms with Crippen molar-refractivity contribution >= 4 is 11.5 Å². The Morgan fingerprint density at radius 1 is 1.41 bits per heavy atom. The Kier molecular flexibility index (Phi) is 2.52. The minimum Gasteiger partial charge on any atom is -0.381 e. The van der Waals surface area contributed by atoms with Crippen molar-refractivity contribution in [3.63, 3.8) is 0 Å². The van der Waals surface area contributed by atoms with E-state index in [-0.39, 0.29) is 5.69 Å². The zero-order valence-electron chi connectivity index (χ0n) is 9.22. The fourth-order valence-electron chi connectivity index (χ4n) is 1.93. The molecule has 3 rings (SSSR count). The summed E-state index contributed by atoms with van der Waals surface area (Å²) in [5, 5.41) is 13.7. The highest BCUT2D eigenvalue weighted by atomic mass is 16.5. The number of H-pyrrole nitrogens is 1. The lowest BCUT2D eigenvalue weighted by atomic mass is 10.1. The number of nitrogens with one attached hydrogen (secondary N) is 2. The Balaban J connectivity index is 1.84. The number of nitrogens with zero attached hydrogens (tertiary/aromatic N) is 3. The van der Waals surface area contributed by atoms with Crippen molar-refractivity contribution in [2.24, 2.45) is 0 Å². The normalized spacial score (nSPS) is 17.4. The molecule has 17 heavy (non-hydrogen) atoms. The van der Waals surface area contributed by atoms with E-state index in [9.17, 15) is 4.79 Å². The molecule has 2 N–H and O–H groups in total. The first-order valence-electron chi connectivity index (χ1n) is 5.62. The third-order valence-electron chi connectivity index (χ3n) is 2.85. The van der Waals surface area contributed by atoms with Crippen LogP contribution in [0.25, 0.3) is 5.65 Å². The van der Waals surface area contributed by atoms with Gasteiger partial charge in [0.2, 0.25) is 0 Å². The second-order valence-corrected chi connectivity index (χ2v) is 4.05. The Hall–Kier alpha value is -1.89. The van der Waals surface area contributed by atoms with Crippen LogP contribution >= 0.6 is 0 Å². The Morgan fingerprint density at radius 2 is 2.24 bits per heavy atom. The second-order valence-electron chi connectivity index (χ2n) is 4.05. The Labute approximate surface area is 96.8 Å². The molecule has 0 spiro atoms. The van der Waals surface area contributed by atoms with Crippen molar-refractivity contribution in [2.45, 2.75) is 18.9 Å². The van der Waals surface area contributed by atoms with E-state index < -0.39 is 0 Å². The van der Waals surface area contributed by atoms with Crippen LogP contribution in [-0.2, 0) is 4.74 Å². The van der Waals surface area contributed by atoms with Gasteiger partial charge in [0.25, 0.3) is 0 Å². The van der Waals surface area contributed by atoms with E-state index in [2.05, 4.69) is 20.6 Å². The molecule has 0 radical (unpaired) electrons.